The molecule has 0 spiro atoms. The van der Waals surface area contributed by atoms with Crippen LogP contribution in [0.15, 0.2) is 34.9 Å². The first-order valence-electron chi connectivity index (χ1n) is 5.26. The molecule has 0 amide bonds. The summed E-state index contributed by atoms with van der Waals surface area (Å²) in [5.74, 6) is -0.422. The molecule has 0 bridgehead atoms. The van der Waals surface area contributed by atoms with Crippen molar-refractivity contribution in [2.45, 2.75) is 13.0 Å². The molecule has 0 aliphatic heterocycles. The fraction of sp³-hybridized carbons (Fsp3) is 0.167. The molecule has 1 atom stereocenters. The van der Waals surface area contributed by atoms with Crippen molar-refractivity contribution in [1.29, 1.82) is 0 Å². The van der Waals surface area contributed by atoms with E-state index >= 15 is 0 Å². The van der Waals surface area contributed by atoms with E-state index in [0.717, 1.165) is 16.2 Å². The van der Waals surface area contributed by atoms with Gasteiger partial charge in [0.1, 0.15) is 0 Å². The van der Waals surface area contributed by atoms with E-state index in [-0.39, 0.29) is 17.1 Å². The number of hydrogen-bond acceptors (Lipinski definition) is 3. The molecule has 3 nitrogen and oxygen atoms in total. The van der Waals surface area contributed by atoms with Crippen LogP contribution in [0.5, 0.6) is 0 Å². The highest BCUT2D eigenvalue weighted by molar-refractivity contribution is 9.10. The van der Waals surface area contributed by atoms with Crippen LogP contribution >= 0.6 is 27.5 Å². The Kier molecular flexibility index (Phi) is 4.14. The Bertz CT molecular complexity index is 548. The van der Waals surface area contributed by atoms with Crippen molar-refractivity contribution in [1.82, 2.24) is 9.97 Å². The van der Waals surface area contributed by atoms with Gasteiger partial charge in [-0.2, -0.15) is 4.98 Å². The second-order valence-electron chi connectivity index (χ2n) is 3.75. The van der Waals surface area contributed by atoms with Crippen LogP contribution in [-0.2, 0) is 0 Å². The van der Waals surface area contributed by atoms with Crippen LogP contribution in [0.25, 0.3) is 0 Å². The van der Waals surface area contributed by atoms with E-state index in [1.165, 1.54) is 0 Å². The molecule has 94 valence electrons. The first-order valence-corrected chi connectivity index (χ1v) is 6.43. The predicted octanol–water partition coefficient (Wildman–Crippen LogP) is 4.20. The highest BCUT2D eigenvalue weighted by Gasteiger charge is 2.10. The van der Waals surface area contributed by atoms with Crippen LogP contribution < -0.4 is 5.32 Å². The summed E-state index contributed by atoms with van der Waals surface area (Å²) in [5.41, 5.74) is 1.02. The minimum Gasteiger partial charge on any atom is -0.361 e. The fourth-order valence-corrected chi connectivity index (χ4v) is 1.88. The molecular formula is C12H10BrClFN3. The maximum absolute atomic E-state index is 13.5. The smallest absolute Gasteiger partial charge is 0.224 e. The van der Waals surface area contributed by atoms with Gasteiger partial charge in [0.15, 0.2) is 11.6 Å². The summed E-state index contributed by atoms with van der Waals surface area (Å²) in [5, 5.41) is 2.98. The first kappa shape index (κ1) is 13.2. The molecule has 0 saturated heterocycles. The topological polar surface area (TPSA) is 37.8 Å². The van der Waals surface area contributed by atoms with Crippen molar-refractivity contribution in [2.24, 2.45) is 0 Å². The molecule has 1 heterocycles. The van der Waals surface area contributed by atoms with Gasteiger partial charge in [-0.05, 0) is 36.2 Å². The summed E-state index contributed by atoms with van der Waals surface area (Å²) in [6.45, 7) is 1.92. The summed E-state index contributed by atoms with van der Waals surface area (Å²) in [6, 6.07) is 7.66. The van der Waals surface area contributed by atoms with Crippen molar-refractivity contribution in [2.75, 3.05) is 5.32 Å². The van der Waals surface area contributed by atoms with Crippen LogP contribution in [0, 0.1) is 5.82 Å². The number of halogens is 3. The Labute approximate surface area is 118 Å². The monoisotopic (exact) mass is 329 g/mol. The van der Waals surface area contributed by atoms with E-state index in [9.17, 15) is 4.39 Å². The third kappa shape index (κ3) is 3.17. The van der Waals surface area contributed by atoms with Crippen LogP contribution in [-0.4, -0.2) is 9.97 Å². The predicted molar refractivity (Wildman–Crippen MR) is 73.2 cm³/mol. The van der Waals surface area contributed by atoms with Crippen molar-refractivity contribution < 1.29 is 4.39 Å². The van der Waals surface area contributed by atoms with Gasteiger partial charge in [-0.15, -0.1) is 0 Å². The Balaban J connectivity index is 2.18. The van der Waals surface area contributed by atoms with Gasteiger partial charge in [0, 0.05) is 4.47 Å². The molecular weight excluding hydrogens is 321 g/mol. The lowest BCUT2D eigenvalue weighted by Crippen LogP contribution is -2.10. The molecule has 6 heteroatoms. The first-order chi connectivity index (χ1) is 8.56. The summed E-state index contributed by atoms with van der Waals surface area (Å²) < 4.78 is 14.5. The van der Waals surface area contributed by atoms with Crippen molar-refractivity contribution in [3.8, 4) is 0 Å². The largest absolute Gasteiger partial charge is 0.361 e. The molecule has 0 radical (unpaired) electrons. The number of nitrogens with zero attached hydrogens (tertiary/aromatic N) is 2. The number of benzene rings is 1. The summed E-state index contributed by atoms with van der Waals surface area (Å²) in [4.78, 5) is 7.38. The van der Waals surface area contributed by atoms with Gasteiger partial charge < -0.3 is 5.32 Å². The fourth-order valence-electron chi connectivity index (χ4n) is 1.49. The molecule has 0 aliphatic carbocycles. The molecule has 1 unspecified atom stereocenters. The summed E-state index contributed by atoms with van der Waals surface area (Å²) >= 11 is 9.00. The average molecular weight is 331 g/mol. The molecule has 2 aromatic rings. The van der Waals surface area contributed by atoms with Crippen LogP contribution in [0.4, 0.5) is 10.2 Å². The second kappa shape index (κ2) is 5.63. The average Bonchev–Trinajstić information content (AvgIpc) is 2.34. The second-order valence-corrected chi connectivity index (χ2v) is 5.01. The molecule has 18 heavy (non-hydrogen) atoms. The zero-order valence-corrected chi connectivity index (χ0v) is 11.8. The van der Waals surface area contributed by atoms with Gasteiger partial charge in [-0.25, -0.2) is 9.37 Å². The SMILES string of the molecule is CC(Nc1nc(Cl)ncc1F)c1ccc(Br)cc1. The van der Waals surface area contributed by atoms with Crippen LogP contribution in [0.2, 0.25) is 5.28 Å². The molecule has 0 saturated carbocycles. The Morgan fingerprint density at radius 2 is 2.00 bits per heavy atom. The van der Waals surface area contributed by atoms with Gasteiger partial charge in [-0.3, -0.25) is 0 Å². The normalized spacial score (nSPS) is 12.2. The lowest BCUT2D eigenvalue weighted by Gasteiger charge is -2.15. The quantitative estimate of drug-likeness (QED) is 0.857. The van der Waals surface area contributed by atoms with Gasteiger partial charge >= 0.3 is 0 Å². The van der Waals surface area contributed by atoms with Gasteiger partial charge in [-0.1, -0.05) is 28.1 Å². The van der Waals surface area contributed by atoms with E-state index in [0.29, 0.717) is 0 Å². The van der Waals surface area contributed by atoms with Crippen molar-refractivity contribution in [3.63, 3.8) is 0 Å². The van der Waals surface area contributed by atoms with E-state index < -0.39 is 5.82 Å². The Morgan fingerprint density at radius 3 is 2.67 bits per heavy atom. The molecule has 1 aromatic heterocycles. The lowest BCUT2D eigenvalue weighted by atomic mass is 10.1. The maximum atomic E-state index is 13.5. The maximum Gasteiger partial charge on any atom is 0.224 e. The minimum atomic E-state index is -0.525. The number of nitrogens with one attached hydrogen (secondary N) is 1. The third-order valence-electron chi connectivity index (χ3n) is 2.44. The van der Waals surface area contributed by atoms with Gasteiger partial charge in [0.2, 0.25) is 5.28 Å². The zero-order valence-electron chi connectivity index (χ0n) is 9.49. The summed E-state index contributed by atoms with van der Waals surface area (Å²) in [6.07, 6.45) is 1.05. The standard InChI is InChI=1S/C12H10BrClFN3/c1-7(8-2-4-9(13)5-3-8)17-11-10(15)6-16-12(14)18-11/h2-7H,1H3,(H,16,17,18). The Hall–Kier alpha value is -1.20. The van der Waals surface area contributed by atoms with Crippen molar-refractivity contribution in [3.05, 3.63) is 51.6 Å². The van der Waals surface area contributed by atoms with Gasteiger partial charge in [0.25, 0.3) is 0 Å². The molecule has 0 aliphatic rings. The van der Waals surface area contributed by atoms with Crippen molar-refractivity contribution >= 4 is 33.3 Å². The number of aromatic nitrogens is 2. The van der Waals surface area contributed by atoms with E-state index in [1.54, 1.807) is 0 Å². The highest BCUT2D eigenvalue weighted by atomic mass is 79.9. The van der Waals surface area contributed by atoms with E-state index in [2.05, 4.69) is 31.2 Å². The molecule has 1 aromatic carbocycles. The van der Waals surface area contributed by atoms with Crippen LogP contribution in [0.3, 0.4) is 0 Å². The summed E-state index contributed by atoms with van der Waals surface area (Å²) in [7, 11) is 0. The number of rotatable bonds is 3. The molecule has 1 N–H and O–H groups in total. The van der Waals surface area contributed by atoms with E-state index in [4.69, 9.17) is 11.6 Å². The molecule has 0 fully saturated rings. The highest BCUT2D eigenvalue weighted by Crippen LogP contribution is 2.22. The van der Waals surface area contributed by atoms with Crippen LogP contribution in [0.1, 0.15) is 18.5 Å². The zero-order chi connectivity index (χ0) is 13.1. The lowest BCUT2D eigenvalue weighted by molar-refractivity contribution is 0.613. The number of anilines is 1. The third-order valence-corrected chi connectivity index (χ3v) is 3.15. The Morgan fingerprint density at radius 1 is 1.33 bits per heavy atom. The van der Waals surface area contributed by atoms with Gasteiger partial charge in [0.05, 0.1) is 12.2 Å². The van der Waals surface area contributed by atoms with E-state index in [1.807, 2.05) is 31.2 Å². The molecule has 2 rings (SSSR count). The minimum absolute atomic E-state index is 0.0157. The number of hydrogen-bond donors (Lipinski definition) is 1.